The van der Waals surface area contributed by atoms with Gasteiger partial charge in [0.25, 0.3) is 0 Å². The van der Waals surface area contributed by atoms with Crippen LogP contribution in [0.5, 0.6) is 0 Å². The lowest BCUT2D eigenvalue weighted by Crippen LogP contribution is -2.16. The van der Waals surface area contributed by atoms with Gasteiger partial charge in [0.1, 0.15) is 9.88 Å². The van der Waals surface area contributed by atoms with E-state index < -0.39 is 11.9 Å². The maximum absolute atomic E-state index is 12.3. The number of thioether (sulfide) groups is 1. The van der Waals surface area contributed by atoms with E-state index in [-0.39, 0.29) is 40.3 Å². The van der Waals surface area contributed by atoms with E-state index >= 15 is 0 Å². The minimum Gasteiger partial charge on any atom is -0.462 e. The number of hydrogen-bond acceptors (Lipinski definition) is 8. The molecule has 0 saturated heterocycles. The molecule has 1 amide bonds. The lowest BCUT2D eigenvalue weighted by molar-refractivity contribution is -0.113. The molecule has 0 fully saturated rings. The molecule has 0 radical (unpaired) electrons. The predicted molar refractivity (Wildman–Crippen MR) is 105 cm³/mol. The van der Waals surface area contributed by atoms with Crippen LogP contribution in [0.3, 0.4) is 0 Å². The van der Waals surface area contributed by atoms with Gasteiger partial charge in [-0.3, -0.25) is 4.79 Å². The molecule has 0 aromatic carbocycles. The van der Waals surface area contributed by atoms with Gasteiger partial charge in [-0.05, 0) is 38.5 Å². The average Bonchev–Trinajstić information content (AvgIpc) is 2.97. The van der Waals surface area contributed by atoms with Crippen molar-refractivity contribution in [1.82, 2.24) is 4.98 Å². The number of amides is 1. The summed E-state index contributed by atoms with van der Waals surface area (Å²) in [7, 11) is 0. The number of aromatic nitrogens is 1. The Kier molecular flexibility index (Phi) is 7.81. The summed E-state index contributed by atoms with van der Waals surface area (Å²) < 4.78 is 10.1. The van der Waals surface area contributed by atoms with Crippen molar-refractivity contribution >= 4 is 45.9 Å². The van der Waals surface area contributed by atoms with Crippen LogP contribution in [0, 0.1) is 6.92 Å². The van der Waals surface area contributed by atoms with E-state index in [2.05, 4.69) is 10.3 Å². The number of anilines is 1. The highest BCUT2D eigenvalue weighted by atomic mass is 32.2. The van der Waals surface area contributed by atoms with E-state index in [4.69, 9.17) is 9.47 Å². The van der Waals surface area contributed by atoms with Crippen LogP contribution in [0.1, 0.15) is 39.4 Å². The average molecular weight is 409 g/mol. The molecular weight excluding hydrogens is 388 g/mol. The van der Waals surface area contributed by atoms with Gasteiger partial charge >= 0.3 is 11.9 Å². The molecule has 0 aliphatic carbocycles. The predicted octanol–water partition coefficient (Wildman–Crippen LogP) is 3.54. The number of rotatable bonds is 8. The first kappa shape index (κ1) is 20.9. The topological polar surface area (TPSA) is 94.6 Å². The van der Waals surface area contributed by atoms with Crippen molar-refractivity contribution < 1.29 is 23.9 Å². The normalized spacial score (nSPS) is 10.3. The molecule has 0 spiro atoms. The van der Waals surface area contributed by atoms with Crippen LogP contribution >= 0.6 is 23.1 Å². The zero-order chi connectivity index (χ0) is 19.8. The summed E-state index contributed by atoms with van der Waals surface area (Å²) in [6, 6.07) is 5.43. The van der Waals surface area contributed by atoms with Crippen molar-refractivity contribution in [2.45, 2.75) is 25.8 Å². The van der Waals surface area contributed by atoms with Crippen LogP contribution in [-0.2, 0) is 14.3 Å². The van der Waals surface area contributed by atoms with Crippen LogP contribution in [0.25, 0.3) is 0 Å². The van der Waals surface area contributed by atoms with Gasteiger partial charge in [-0.2, -0.15) is 0 Å². The van der Waals surface area contributed by atoms with Gasteiger partial charge in [-0.15, -0.1) is 11.3 Å². The summed E-state index contributed by atoms with van der Waals surface area (Å²) in [5.74, 6) is -1.32. The maximum atomic E-state index is 12.3. The number of ether oxygens (including phenoxy) is 2. The van der Waals surface area contributed by atoms with Crippen LogP contribution in [0.15, 0.2) is 29.4 Å². The molecule has 27 heavy (non-hydrogen) atoms. The quantitative estimate of drug-likeness (QED) is 0.527. The number of esters is 2. The molecule has 0 atom stereocenters. The third-order valence-corrected chi connectivity index (χ3v) is 5.46. The summed E-state index contributed by atoms with van der Waals surface area (Å²) >= 11 is 2.28. The molecule has 1 N–H and O–H groups in total. The van der Waals surface area contributed by atoms with E-state index in [1.165, 1.54) is 11.8 Å². The van der Waals surface area contributed by atoms with Crippen molar-refractivity contribution in [3.63, 3.8) is 0 Å². The lowest BCUT2D eigenvalue weighted by atomic mass is 10.1. The number of nitrogens with one attached hydrogen (secondary N) is 1. The summed E-state index contributed by atoms with van der Waals surface area (Å²) in [5, 5.41) is 3.69. The van der Waals surface area contributed by atoms with Crippen molar-refractivity contribution in [2.24, 2.45) is 0 Å². The van der Waals surface area contributed by atoms with Crippen LogP contribution in [0.2, 0.25) is 0 Å². The zero-order valence-electron chi connectivity index (χ0n) is 15.2. The highest BCUT2D eigenvalue weighted by Gasteiger charge is 2.27. The van der Waals surface area contributed by atoms with Gasteiger partial charge in [0.15, 0.2) is 0 Å². The van der Waals surface area contributed by atoms with Crippen LogP contribution < -0.4 is 5.32 Å². The maximum Gasteiger partial charge on any atom is 0.348 e. The first-order chi connectivity index (χ1) is 13.0. The molecule has 2 rings (SSSR count). The highest BCUT2D eigenvalue weighted by Crippen LogP contribution is 2.34. The second-order valence-corrected chi connectivity index (χ2v) is 7.22. The van der Waals surface area contributed by atoms with Gasteiger partial charge in [-0.1, -0.05) is 17.8 Å². The fourth-order valence-electron chi connectivity index (χ4n) is 2.18. The Hall–Kier alpha value is -2.39. The number of carbonyl (C=O) groups excluding carboxylic acids is 3. The molecule has 9 heteroatoms. The van der Waals surface area contributed by atoms with E-state index in [1.807, 2.05) is 6.07 Å². The lowest BCUT2D eigenvalue weighted by Gasteiger charge is -2.07. The van der Waals surface area contributed by atoms with Crippen molar-refractivity contribution in [1.29, 1.82) is 0 Å². The molecule has 0 aliphatic heterocycles. The summed E-state index contributed by atoms with van der Waals surface area (Å²) in [5.41, 5.74) is 0.616. The van der Waals surface area contributed by atoms with E-state index in [0.717, 1.165) is 11.3 Å². The first-order valence-electron chi connectivity index (χ1n) is 8.29. The second-order valence-electron chi connectivity index (χ2n) is 5.21. The minimum absolute atomic E-state index is 0.116. The van der Waals surface area contributed by atoms with Crippen molar-refractivity contribution in [3.8, 4) is 0 Å². The fourth-order valence-corrected chi connectivity index (χ4v) is 3.94. The second kappa shape index (κ2) is 10.1. The van der Waals surface area contributed by atoms with Gasteiger partial charge < -0.3 is 14.8 Å². The van der Waals surface area contributed by atoms with Gasteiger partial charge in [0.05, 0.1) is 29.6 Å². The molecule has 0 saturated carbocycles. The third kappa shape index (κ3) is 5.54. The summed E-state index contributed by atoms with van der Waals surface area (Å²) in [6.45, 7) is 5.42. The standard InChI is InChI=1S/C18H20N2O5S2/c1-4-24-17(22)14-11(3)15(18(23)25-5-2)27-16(14)20-12(21)10-26-13-8-6-7-9-19-13/h6-9H,4-5,10H2,1-3H3,(H,20,21). The highest BCUT2D eigenvalue weighted by molar-refractivity contribution is 7.99. The Morgan fingerprint density at radius 3 is 2.48 bits per heavy atom. The monoisotopic (exact) mass is 408 g/mol. The number of nitrogens with zero attached hydrogens (tertiary/aromatic N) is 1. The SMILES string of the molecule is CCOC(=O)c1sc(NC(=O)CSc2ccccn2)c(C(=O)OCC)c1C. The molecular formula is C18H20N2O5S2. The Morgan fingerprint density at radius 2 is 1.85 bits per heavy atom. The van der Waals surface area contributed by atoms with Gasteiger partial charge in [0, 0.05) is 6.20 Å². The molecule has 144 valence electrons. The van der Waals surface area contributed by atoms with Crippen molar-refractivity contribution in [3.05, 3.63) is 40.4 Å². The molecule has 0 unspecified atom stereocenters. The third-order valence-electron chi connectivity index (χ3n) is 3.33. The Labute approximate surface area is 165 Å². The molecule has 7 nitrogen and oxygen atoms in total. The van der Waals surface area contributed by atoms with Crippen LogP contribution in [0.4, 0.5) is 5.00 Å². The smallest absolute Gasteiger partial charge is 0.348 e. The Bertz CT molecular complexity index is 821. The molecule has 2 heterocycles. The summed E-state index contributed by atoms with van der Waals surface area (Å²) in [6.07, 6.45) is 1.65. The molecule has 2 aromatic rings. The van der Waals surface area contributed by atoms with E-state index in [0.29, 0.717) is 10.6 Å². The number of carbonyl (C=O) groups is 3. The minimum atomic E-state index is -0.588. The largest absolute Gasteiger partial charge is 0.462 e. The van der Waals surface area contributed by atoms with Crippen molar-refractivity contribution in [2.75, 3.05) is 24.3 Å². The molecule has 0 bridgehead atoms. The van der Waals surface area contributed by atoms with Crippen LogP contribution in [-0.4, -0.2) is 41.8 Å². The first-order valence-corrected chi connectivity index (χ1v) is 10.1. The number of thiophene rings is 1. The number of pyridine rings is 1. The Morgan fingerprint density at radius 1 is 1.15 bits per heavy atom. The zero-order valence-corrected chi connectivity index (χ0v) is 16.9. The molecule has 0 aliphatic rings. The van der Waals surface area contributed by atoms with Gasteiger partial charge in [-0.25, -0.2) is 14.6 Å². The Balaban J connectivity index is 2.20. The van der Waals surface area contributed by atoms with Gasteiger partial charge in [0.2, 0.25) is 5.91 Å². The fraction of sp³-hybridized carbons (Fsp3) is 0.333. The molecule has 2 aromatic heterocycles. The summed E-state index contributed by atoms with van der Waals surface area (Å²) in [4.78, 5) is 41.2. The van der Waals surface area contributed by atoms with E-state index in [9.17, 15) is 14.4 Å². The number of hydrogen-bond donors (Lipinski definition) is 1. The van der Waals surface area contributed by atoms with E-state index in [1.54, 1.807) is 39.1 Å².